The van der Waals surface area contributed by atoms with Gasteiger partial charge >= 0.3 is 0 Å². The van der Waals surface area contributed by atoms with Gasteiger partial charge in [-0.2, -0.15) is 0 Å². The monoisotopic (exact) mass is 523 g/mol. The summed E-state index contributed by atoms with van der Waals surface area (Å²) in [6.07, 6.45) is 1.65. The van der Waals surface area contributed by atoms with E-state index in [1.807, 2.05) is 47.8 Å². The summed E-state index contributed by atoms with van der Waals surface area (Å²) in [5.41, 5.74) is 5.62. The smallest absolute Gasteiger partial charge is 0.255 e. The second kappa shape index (κ2) is 10.4. The van der Waals surface area contributed by atoms with Gasteiger partial charge in [0.2, 0.25) is 0 Å². The highest BCUT2D eigenvalue weighted by molar-refractivity contribution is 7.13. The highest BCUT2D eigenvalue weighted by Gasteiger charge is 2.37. The molecule has 1 saturated heterocycles. The topological polar surface area (TPSA) is 68.8 Å². The number of carbonyl (C=O) groups excluding carboxylic acids is 2. The van der Waals surface area contributed by atoms with Crippen LogP contribution in [0.4, 0.5) is 10.8 Å². The minimum Gasteiger partial charge on any atom is -0.369 e. The van der Waals surface area contributed by atoms with Crippen molar-refractivity contribution in [1.82, 2.24) is 14.8 Å². The Kier molecular flexibility index (Phi) is 6.66. The number of likely N-dealkylation sites (N-methyl/N-ethyl adjacent to an activating group) is 1. The van der Waals surface area contributed by atoms with Crippen molar-refractivity contribution in [3.63, 3.8) is 0 Å². The molecule has 0 aliphatic carbocycles. The quantitative estimate of drug-likeness (QED) is 0.390. The van der Waals surface area contributed by atoms with Crippen molar-refractivity contribution in [2.24, 2.45) is 0 Å². The fourth-order valence-corrected chi connectivity index (χ4v) is 5.74. The lowest BCUT2D eigenvalue weighted by atomic mass is 10.00. The minimum atomic E-state index is -0.758. The molecule has 38 heavy (non-hydrogen) atoms. The molecule has 2 aliphatic heterocycles. The van der Waals surface area contributed by atoms with Gasteiger partial charge in [-0.25, -0.2) is 4.98 Å². The van der Waals surface area contributed by atoms with E-state index in [9.17, 15) is 9.59 Å². The highest BCUT2D eigenvalue weighted by Crippen LogP contribution is 2.35. The number of hydrogen-bond acceptors (Lipinski definition) is 6. The number of fused-ring (bicyclic) bond motifs is 1. The zero-order valence-corrected chi connectivity index (χ0v) is 22.0. The molecule has 0 saturated carbocycles. The van der Waals surface area contributed by atoms with Gasteiger partial charge in [-0.05, 0) is 47.5 Å². The fraction of sp³-hybridized carbons (Fsp3) is 0.233. The fourth-order valence-electron chi connectivity index (χ4n) is 5.21. The zero-order chi connectivity index (χ0) is 26.1. The van der Waals surface area contributed by atoms with E-state index in [1.54, 1.807) is 11.1 Å². The van der Waals surface area contributed by atoms with Crippen molar-refractivity contribution < 1.29 is 9.59 Å². The normalized spacial score (nSPS) is 16.4. The average molecular weight is 524 g/mol. The molecular weight excluding hydrogens is 494 g/mol. The third-order valence-corrected chi connectivity index (χ3v) is 8.04. The van der Waals surface area contributed by atoms with Crippen LogP contribution in [0.15, 0.2) is 84.4 Å². The molecule has 2 aliphatic rings. The maximum absolute atomic E-state index is 13.7. The van der Waals surface area contributed by atoms with Crippen LogP contribution in [0.25, 0.3) is 11.1 Å². The number of rotatable bonds is 6. The van der Waals surface area contributed by atoms with Gasteiger partial charge in [0, 0.05) is 55.6 Å². The molecule has 0 unspecified atom stereocenters. The first-order valence-electron chi connectivity index (χ1n) is 12.8. The van der Waals surface area contributed by atoms with Gasteiger partial charge in [-0.15, -0.1) is 11.3 Å². The lowest BCUT2D eigenvalue weighted by Crippen LogP contribution is -2.44. The summed E-state index contributed by atoms with van der Waals surface area (Å²) < 4.78 is 0. The van der Waals surface area contributed by atoms with Gasteiger partial charge in [0.15, 0.2) is 5.13 Å². The van der Waals surface area contributed by atoms with E-state index in [4.69, 9.17) is 0 Å². The Bertz CT molecular complexity index is 1430. The molecule has 1 atom stereocenters. The first-order valence-corrected chi connectivity index (χ1v) is 13.7. The Morgan fingerprint density at radius 2 is 1.68 bits per heavy atom. The van der Waals surface area contributed by atoms with Crippen LogP contribution in [-0.4, -0.2) is 59.8 Å². The first-order chi connectivity index (χ1) is 18.6. The molecule has 3 aromatic carbocycles. The van der Waals surface area contributed by atoms with Crippen LogP contribution in [0, 0.1) is 0 Å². The average Bonchev–Trinajstić information content (AvgIpc) is 3.58. The number of piperazine rings is 1. The second-order valence-electron chi connectivity index (χ2n) is 9.78. The largest absolute Gasteiger partial charge is 0.369 e. The van der Waals surface area contributed by atoms with Crippen molar-refractivity contribution in [1.29, 1.82) is 0 Å². The first kappa shape index (κ1) is 24.3. The van der Waals surface area contributed by atoms with Gasteiger partial charge in [-0.3, -0.25) is 14.9 Å². The summed E-state index contributed by atoms with van der Waals surface area (Å²) in [6.45, 7) is 4.56. The number of benzene rings is 3. The summed E-state index contributed by atoms with van der Waals surface area (Å²) >= 11 is 1.35. The number of nitrogens with zero attached hydrogens (tertiary/aromatic N) is 4. The summed E-state index contributed by atoms with van der Waals surface area (Å²) in [6, 6.07) is 23.3. The lowest BCUT2D eigenvalue weighted by molar-refractivity contribution is -0.120. The van der Waals surface area contributed by atoms with E-state index in [0.29, 0.717) is 17.2 Å². The number of amides is 2. The number of hydrogen-bond donors (Lipinski definition) is 1. The van der Waals surface area contributed by atoms with Gasteiger partial charge in [0.1, 0.15) is 6.04 Å². The Hall–Kier alpha value is -4.01. The van der Waals surface area contributed by atoms with Crippen molar-refractivity contribution in [3.05, 3.63) is 101 Å². The van der Waals surface area contributed by atoms with Gasteiger partial charge in [0.05, 0.1) is 0 Å². The van der Waals surface area contributed by atoms with Crippen LogP contribution in [0.5, 0.6) is 0 Å². The number of nitrogens with one attached hydrogen (secondary N) is 1. The molecule has 7 nitrogen and oxygen atoms in total. The number of anilines is 2. The van der Waals surface area contributed by atoms with Crippen LogP contribution in [0.3, 0.4) is 0 Å². The number of thiazole rings is 1. The van der Waals surface area contributed by atoms with E-state index in [1.165, 1.54) is 17.0 Å². The molecule has 8 heteroatoms. The van der Waals surface area contributed by atoms with E-state index in [2.05, 4.69) is 57.5 Å². The Balaban J connectivity index is 1.25. The van der Waals surface area contributed by atoms with Crippen LogP contribution < -0.4 is 10.2 Å². The predicted octanol–water partition coefficient (Wildman–Crippen LogP) is 4.90. The van der Waals surface area contributed by atoms with Crippen molar-refractivity contribution >= 4 is 34.0 Å². The standard InChI is InChI=1S/C30H29N5O2S/c1-33-14-16-34(17-15-33)25-11-9-21(10-12-25)23-7-8-24-20-35(29(37)26(24)19-23)27(22-5-3-2-4-6-22)28(36)32-30-31-13-18-38-30/h2-13,18-19,27H,14-17,20H2,1H3,(H,31,32,36)/t27-/m0/s1. The van der Waals surface area contributed by atoms with Crippen LogP contribution in [0.2, 0.25) is 0 Å². The van der Waals surface area contributed by atoms with Gasteiger partial charge < -0.3 is 14.7 Å². The molecule has 3 heterocycles. The molecule has 1 N–H and O–H groups in total. The zero-order valence-electron chi connectivity index (χ0n) is 21.2. The predicted molar refractivity (Wildman–Crippen MR) is 151 cm³/mol. The third-order valence-electron chi connectivity index (χ3n) is 7.35. The summed E-state index contributed by atoms with van der Waals surface area (Å²) in [7, 11) is 2.16. The molecule has 4 aromatic rings. The maximum Gasteiger partial charge on any atom is 0.255 e. The third kappa shape index (κ3) is 4.80. The van der Waals surface area contributed by atoms with Crippen molar-refractivity contribution in [3.8, 4) is 11.1 Å². The Morgan fingerprint density at radius 3 is 2.39 bits per heavy atom. The number of aromatic nitrogens is 1. The molecule has 1 fully saturated rings. The second-order valence-corrected chi connectivity index (χ2v) is 10.7. The van der Waals surface area contributed by atoms with Gasteiger partial charge in [-0.1, -0.05) is 54.6 Å². The molecule has 2 amide bonds. The molecule has 1 aromatic heterocycles. The van der Waals surface area contributed by atoms with Crippen LogP contribution >= 0.6 is 11.3 Å². The molecule has 6 rings (SSSR count). The van der Waals surface area contributed by atoms with Crippen LogP contribution in [-0.2, 0) is 11.3 Å². The van der Waals surface area contributed by atoms with E-state index in [0.717, 1.165) is 48.4 Å². The molecular formula is C30H29N5O2S. The van der Waals surface area contributed by atoms with Crippen molar-refractivity contribution in [2.75, 3.05) is 43.4 Å². The highest BCUT2D eigenvalue weighted by atomic mass is 32.1. The van der Waals surface area contributed by atoms with Crippen LogP contribution in [0.1, 0.15) is 27.5 Å². The van der Waals surface area contributed by atoms with E-state index >= 15 is 0 Å². The lowest BCUT2D eigenvalue weighted by Gasteiger charge is -2.34. The molecule has 0 spiro atoms. The van der Waals surface area contributed by atoms with Gasteiger partial charge in [0.25, 0.3) is 11.8 Å². The Labute approximate surface area is 226 Å². The summed E-state index contributed by atoms with van der Waals surface area (Å²) in [4.78, 5) is 37.7. The van der Waals surface area contributed by atoms with E-state index < -0.39 is 6.04 Å². The Morgan fingerprint density at radius 1 is 0.947 bits per heavy atom. The maximum atomic E-state index is 13.7. The molecule has 0 radical (unpaired) electrons. The van der Waals surface area contributed by atoms with E-state index in [-0.39, 0.29) is 11.8 Å². The summed E-state index contributed by atoms with van der Waals surface area (Å²) in [5.74, 6) is -0.411. The SMILES string of the molecule is CN1CCN(c2ccc(-c3ccc4c(c3)C(=O)N([C@H](C(=O)Nc3nccs3)c3ccccc3)C4)cc2)CC1. The minimum absolute atomic E-state index is 0.140. The molecule has 0 bridgehead atoms. The van der Waals surface area contributed by atoms with Crippen molar-refractivity contribution in [2.45, 2.75) is 12.6 Å². The summed E-state index contributed by atoms with van der Waals surface area (Å²) in [5, 5.41) is 5.21. The number of carbonyl (C=O) groups is 2. The molecule has 192 valence electrons.